The summed E-state index contributed by atoms with van der Waals surface area (Å²) in [6.07, 6.45) is 8.06. The van der Waals surface area contributed by atoms with E-state index in [1.54, 1.807) is 6.07 Å². The van der Waals surface area contributed by atoms with E-state index >= 15 is 0 Å². The zero-order valence-electron chi connectivity index (χ0n) is 13.0. The van der Waals surface area contributed by atoms with E-state index in [2.05, 4.69) is 34.9 Å². The summed E-state index contributed by atoms with van der Waals surface area (Å²) in [5.74, 6) is -0.202. The predicted molar refractivity (Wildman–Crippen MR) is 89.9 cm³/mol. The van der Waals surface area contributed by atoms with Gasteiger partial charge in [-0.2, -0.15) is 0 Å². The summed E-state index contributed by atoms with van der Waals surface area (Å²) in [5.41, 5.74) is 7.62. The fraction of sp³-hybridized carbons (Fsp3) is 0.647. The van der Waals surface area contributed by atoms with E-state index in [0.717, 1.165) is 22.9 Å². The molecule has 2 N–H and O–H groups in total. The smallest absolute Gasteiger partial charge is 0.124 e. The molecule has 1 atom stereocenters. The van der Waals surface area contributed by atoms with E-state index in [4.69, 9.17) is 5.73 Å². The van der Waals surface area contributed by atoms with Gasteiger partial charge in [-0.25, -0.2) is 4.39 Å². The third kappa shape index (κ3) is 4.05. The highest BCUT2D eigenvalue weighted by Crippen LogP contribution is 2.34. The number of halogens is 2. The summed E-state index contributed by atoms with van der Waals surface area (Å²) in [6, 6.07) is 5.09. The molecule has 118 valence electrons. The van der Waals surface area contributed by atoms with Gasteiger partial charge in [-0.15, -0.1) is 0 Å². The predicted octanol–water partition coefficient (Wildman–Crippen LogP) is 4.11. The van der Waals surface area contributed by atoms with Crippen molar-refractivity contribution in [3.8, 4) is 0 Å². The Morgan fingerprint density at radius 3 is 2.33 bits per heavy atom. The summed E-state index contributed by atoms with van der Waals surface area (Å²) in [4.78, 5) is 2.30. The Balaban J connectivity index is 2.20. The second-order valence-corrected chi connectivity index (χ2v) is 7.42. The number of rotatable bonds is 4. The molecule has 1 fully saturated rings. The second-order valence-electron chi connectivity index (χ2n) is 6.50. The van der Waals surface area contributed by atoms with Crippen molar-refractivity contribution in [2.24, 2.45) is 5.73 Å². The largest absolute Gasteiger partial charge is 0.326 e. The van der Waals surface area contributed by atoms with Crippen LogP contribution < -0.4 is 5.73 Å². The van der Waals surface area contributed by atoms with Gasteiger partial charge < -0.3 is 10.6 Å². The average molecular weight is 357 g/mol. The molecule has 1 aliphatic rings. The SMILES string of the molecule is CN(C)C1(C(N)Cc2cc(F)cc(Br)c2)CCCCCC1. The summed E-state index contributed by atoms with van der Waals surface area (Å²) in [6.45, 7) is 0. The quantitative estimate of drug-likeness (QED) is 0.822. The highest BCUT2D eigenvalue weighted by atomic mass is 79.9. The van der Waals surface area contributed by atoms with Crippen LogP contribution in [0.5, 0.6) is 0 Å². The first-order valence-electron chi connectivity index (χ1n) is 7.82. The monoisotopic (exact) mass is 356 g/mol. The lowest BCUT2D eigenvalue weighted by Crippen LogP contribution is -2.58. The van der Waals surface area contributed by atoms with Gasteiger partial charge in [0, 0.05) is 16.1 Å². The number of nitrogens with zero attached hydrogens (tertiary/aromatic N) is 1. The molecule has 0 radical (unpaired) electrons. The fourth-order valence-corrected chi connectivity index (χ4v) is 4.18. The van der Waals surface area contributed by atoms with Crippen LogP contribution in [0.1, 0.15) is 44.1 Å². The number of hydrogen-bond donors (Lipinski definition) is 1. The van der Waals surface area contributed by atoms with Crippen molar-refractivity contribution >= 4 is 15.9 Å². The molecule has 2 nitrogen and oxygen atoms in total. The molecule has 1 aromatic carbocycles. The minimum atomic E-state index is -0.202. The second kappa shape index (κ2) is 7.21. The van der Waals surface area contributed by atoms with Gasteiger partial charge in [0.15, 0.2) is 0 Å². The minimum absolute atomic E-state index is 0.0271. The van der Waals surface area contributed by atoms with E-state index in [0.29, 0.717) is 6.42 Å². The van der Waals surface area contributed by atoms with Gasteiger partial charge in [-0.3, -0.25) is 0 Å². The van der Waals surface area contributed by atoms with Crippen molar-refractivity contribution in [2.75, 3.05) is 14.1 Å². The summed E-state index contributed by atoms with van der Waals surface area (Å²) in [7, 11) is 4.26. The minimum Gasteiger partial charge on any atom is -0.326 e. The van der Waals surface area contributed by atoms with Crippen LogP contribution in [0.2, 0.25) is 0 Å². The molecule has 0 aromatic heterocycles. The maximum Gasteiger partial charge on any atom is 0.124 e. The third-order valence-electron chi connectivity index (χ3n) is 4.93. The van der Waals surface area contributed by atoms with Crippen molar-refractivity contribution in [2.45, 2.75) is 56.5 Å². The zero-order valence-corrected chi connectivity index (χ0v) is 14.6. The highest BCUT2D eigenvalue weighted by molar-refractivity contribution is 9.10. The summed E-state index contributed by atoms with van der Waals surface area (Å²) >= 11 is 3.36. The molecule has 0 aliphatic heterocycles. The molecule has 4 heteroatoms. The normalized spacial score (nSPS) is 20.3. The van der Waals surface area contributed by atoms with Crippen LogP contribution in [0.25, 0.3) is 0 Å². The van der Waals surface area contributed by atoms with Crippen LogP contribution >= 0.6 is 15.9 Å². The van der Waals surface area contributed by atoms with Gasteiger partial charge in [0.25, 0.3) is 0 Å². The first kappa shape index (κ1) is 16.9. The zero-order chi connectivity index (χ0) is 15.5. The molecule has 1 aromatic rings. The lowest BCUT2D eigenvalue weighted by Gasteiger charge is -2.44. The standard InChI is InChI=1S/C17H26BrFN2/c1-21(2)17(7-5-3-4-6-8-17)16(20)11-13-9-14(18)12-15(19)10-13/h9-10,12,16H,3-8,11,20H2,1-2H3. The van der Waals surface area contributed by atoms with Crippen molar-refractivity contribution in [1.82, 2.24) is 4.90 Å². The molecule has 0 bridgehead atoms. The highest BCUT2D eigenvalue weighted by Gasteiger charge is 2.38. The molecule has 1 saturated carbocycles. The van der Waals surface area contributed by atoms with Crippen LogP contribution in [0.15, 0.2) is 22.7 Å². The molecule has 2 rings (SSSR count). The van der Waals surface area contributed by atoms with Gasteiger partial charge in [-0.05, 0) is 57.1 Å². The Morgan fingerprint density at radius 1 is 1.19 bits per heavy atom. The van der Waals surface area contributed by atoms with Crippen LogP contribution in [0.4, 0.5) is 4.39 Å². The van der Waals surface area contributed by atoms with E-state index in [1.807, 2.05) is 6.07 Å². The number of likely N-dealkylation sites (N-methyl/N-ethyl adjacent to an activating group) is 1. The maximum atomic E-state index is 13.6. The lowest BCUT2D eigenvalue weighted by molar-refractivity contribution is 0.0968. The maximum absolute atomic E-state index is 13.6. The fourth-order valence-electron chi connectivity index (χ4n) is 3.66. The van der Waals surface area contributed by atoms with Gasteiger partial charge in [0.1, 0.15) is 5.82 Å². The third-order valence-corrected chi connectivity index (χ3v) is 5.39. The number of benzene rings is 1. The molecular weight excluding hydrogens is 331 g/mol. The first-order valence-corrected chi connectivity index (χ1v) is 8.61. The molecule has 21 heavy (non-hydrogen) atoms. The summed E-state index contributed by atoms with van der Waals surface area (Å²) < 4.78 is 14.3. The van der Waals surface area contributed by atoms with Gasteiger partial charge in [0.2, 0.25) is 0 Å². The Hall–Kier alpha value is -0.450. The van der Waals surface area contributed by atoms with Crippen LogP contribution in [-0.2, 0) is 6.42 Å². The van der Waals surface area contributed by atoms with Crippen LogP contribution in [0.3, 0.4) is 0 Å². The molecule has 0 amide bonds. The Morgan fingerprint density at radius 2 is 1.81 bits per heavy atom. The number of hydrogen-bond acceptors (Lipinski definition) is 2. The van der Waals surface area contributed by atoms with E-state index < -0.39 is 0 Å². The van der Waals surface area contributed by atoms with E-state index in [-0.39, 0.29) is 17.4 Å². The van der Waals surface area contributed by atoms with Crippen molar-refractivity contribution in [3.63, 3.8) is 0 Å². The number of nitrogens with two attached hydrogens (primary N) is 1. The van der Waals surface area contributed by atoms with Crippen LogP contribution in [0, 0.1) is 5.82 Å². The molecule has 0 spiro atoms. The van der Waals surface area contributed by atoms with Crippen molar-refractivity contribution in [3.05, 3.63) is 34.1 Å². The Bertz CT molecular complexity index is 448. The first-order chi connectivity index (χ1) is 9.94. The van der Waals surface area contributed by atoms with Gasteiger partial charge in [-0.1, -0.05) is 41.6 Å². The lowest BCUT2D eigenvalue weighted by atomic mass is 9.79. The Labute approximate surface area is 136 Å². The average Bonchev–Trinajstić information content (AvgIpc) is 2.63. The molecule has 0 saturated heterocycles. The van der Waals surface area contributed by atoms with Gasteiger partial charge in [0.05, 0.1) is 0 Å². The van der Waals surface area contributed by atoms with Gasteiger partial charge >= 0.3 is 0 Å². The molecule has 1 aliphatic carbocycles. The topological polar surface area (TPSA) is 29.3 Å². The van der Waals surface area contributed by atoms with Crippen LogP contribution in [-0.4, -0.2) is 30.6 Å². The van der Waals surface area contributed by atoms with E-state index in [1.165, 1.54) is 31.7 Å². The molecular formula is C17H26BrFN2. The van der Waals surface area contributed by atoms with Crippen molar-refractivity contribution in [1.29, 1.82) is 0 Å². The van der Waals surface area contributed by atoms with Crippen molar-refractivity contribution < 1.29 is 4.39 Å². The molecule has 0 heterocycles. The Kier molecular flexibility index (Phi) is 5.81. The molecule has 1 unspecified atom stereocenters. The summed E-state index contributed by atoms with van der Waals surface area (Å²) in [5, 5.41) is 0. The van der Waals surface area contributed by atoms with E-state index in [9.17, 15) is 4.39 Å².